The second-order valence-corrected chi connectivity index (χ2v) is 15.2. The molecular formula is C42H57ClF4N10O3. The summed E-state index contributed by atoms with van der Waals surface area (Å²) in [6.45, 7) is 6.08. The number of carbonyl (C=O) groups excluding carboxylic acids is 1. The van der Waals surface area contributed by atoms with Crippen molar-refractivity contribution in [2.45, 2.75) is 70.1 Å². The zero-order chi connectivity index (χ0) is 42.6. The highest BCUT2D eigenvalue weighted by Gasteiger charge is 2.27. The fourth-order valence-corrected chi connectivity index (χ4v) is 6.71. The number of nitrogens with zero attached hydrogens (tertiary/aromatic N) is 9. The molecule has 0 bridgehead atoms. The molecule has 2 aliphatic rings. The lowest BCUT2D eigenvalue weighted by Crippen LogP contribution is -2.28. The van der Waals surface area contributed by atoms with Crippen LogP contribution in [0.4, 0.5) is 41.1 Å². The Morgan fingerprint density at radius 1 is 0.717 bits per heavy atom. The van der Waals surface area contributed by atoms with Crippen LogP contribution in [0.25, 0.3) is 0 Å². The van der Waals surface area contributed by atoms with Crippen molar-refractivity contribution in [1.29, 1.82) is 0 Å². The smallest absolute Gasteiger partial charge is 0.255 e. The summed E-state index contributed by atoms with van der Waals surface area (Å²) in [5.74, 6) is 3.84. The summed E-state index contributed by atoms with van der Waals surface area (Å²) in [5, 5.41) is 0. The number of hydrogen-bond acceptors (Lipinski definition) is 12. The summed E-state index contributed by atoms with van der Waals surface area (Å²) in [6.07, 6.45) is 0.533. The lowest BCUT2D eigenvalue weighted by Gasteiger charge is -2.21. The quantitative estimate of drug-likeness (QED) is 0.121. The second-order valence-electron chi connectivity index (χ2n) is 15.2. The Labute approximate surface area is 356 Å². The molecule has 0 aliphatic carbocycles. The predicted octanol–water partition coefficient (Wildman–Crippen LogP) is 6.69. The summed E-state index contributed by atoms with van der Waals surface area (Å²) in [7, 11) is 6.65. The van der Waals surface area contributed by atoms with Crippen molar-refractivity contribution in [2.24, 2.45) is 5.73 Å². The van der Waals surface area contributed by atoms with Gasteiger partial charge in [0.1, 0.15) is 35.3 Å². The number of aromatic nitrogens is 4. The minimum Gasteiger partial charge on any atom is -0.489 e. The van der Waals surface area contributed by atoms with E-state index in [1.807, 2.05) is 62.4 Å². The minimum absolute atomic E-state index is 0. The maximum absolute atomic E-state index is 12.6. The maximum atomic E-state index is 12.6. The topological polar surface area (TPSA) is 129 Å². The first-order valence-electron chi connectivity index (χ1n) is 19.8. The standard InChI is InChI=1S/C23H31F2N5O2.C19H25F2N5O.ClH/c1-16(13-22(31)28(2)3)17-5-7-18(8-6-17)32-19-10-12-30(14-19)21-9-11-26-23(27-21)29(4)15-20(24)25;1-13(22)14-3-5-15(6-4-14)27-16-8-10-26(11-16)18-7-9-23-19(24-18)25(2)12-17(20)21;/h5-9,11,16,19-20H,10,12-15H2,1-4H3;3-7,9,13,16-17H,8,10-12,22H2,1-2H3;1H/t16-,19?;13-,16?;/m10./s1. The molecule has 4 aromatic rings. The van der Waals surface area contributed by atoms with Crippen molar-refractivity contribution in [3.63, 3.8) is 0 Å². The van der Waals surface area contributed by atoms with Crippen LogP contribution in [0, 0.1) is 0 Å². The van der Waals surface area contributed by atoms with Crippen LogP contribution in [0.1, 0.15) is 56.2 Å². The highest BCUT2D eigenvalue weighted by Crippen LogP contribution is 2.27. The molecule has 4 heterocycles. The van der Waals surface area contributed by atoms with Gasteiger partial charge in [-0.3, -0.25) is 4.79 Å². The van der Waals surface area contributed by atoms with E-state index in [0.717, 1.165) is 54.4 Å². The fraction of sp³-hybridized carbons (Fsp3) is 0.500. The van der Waals surface area contributed by atoms with Gasteiger partial charge < -0.3 is 39.7 Å². The van der Waals surface area contributed by atoms with Crippen molar-refractivity contribution >= 4 is 41.8 Å². The van der Waals surface area contributed by atoms with E-state index in [2.05, 4.69) is 29.7 Å². The van der Waals surface area contributed by atoms with Crippen LogP contribution in [0.5, 0.6) is 11.5 Å². The van der Waals surface area contributed by atoms with E-state index in [1.165, 1.54) is 9.80 Å². The molecule has 0 radical (unpaired) electrons. The Hall–Kier alpha value is -5.16. The van der Waals surface area contributed by atoms with Gasteiger partial charge in [-0.1, -0.05) is 31.2 Å². The number of halogens is 5. The van der Waals surface area contributed by atoms with Crippen LogP contribution < -0.4 is 34.8 Å². The number of rotatable bonds is 16. The number of hydrogen-bond donors (Lipinski definition) is 1. The molecule has 6 rings (SSSR count). The number of alkyl halides is 4. The van der Waals surface area contributed by atoms with Crippen LogP contribution in [-0.4, -0.2) is 123 Å². The number of ether oxygens (including phenoxy) is 2. The van der Waals surface area contributed by atoms with E-state index in [4.69, 9.17) is 15.2 Å². The summed E-state index contributed by atoms with van der Waals surface area (Å²) in [5.41, 5.74) is 8.03. The summed E-state index contributed by atoms with van der Waals surface area (Å²) < 4.78 is 62.6. The fourth-order valence-electron chi connectivity index (χ4n) is 6.71. The third-order valence-electron chi connectivity index (χ3n) is 10.1. The molecule has 18 heteroatoms. The molecule has 2 aliphatic heterocycles. The van der Waals surface area contributed by atoms with Crippen molar-refractivity contribution < 1.29 is 31.8 Å². The number of amides is 1. The van der Waals surface area contributed by atoms with Crippen molar-refractivity contribution in [3.8, 4) is 11.5 Å². The molecule has 0 saturated carbocycles. The molecule has 1 amide bonds. The molecule has 2 unspecified atom stereocenters. The molecule has 0 spiro atoms. The zero-order valence-corrected chi connectivity index (χ0v) is 35.8. The number of anilines is 4. The molecular weight excluding hydrogens is 804 g/mol. The average molecular weight is 861 g/mol. The molecule has 4 atom stereocenters. The Kier molecular flexibility index (Phi) is 17.8. The van der Waals surface area contributed by atoms with E-state index in [0.29, 0.717) is 31.3 Å². The highest BCUT2D eigenvalue weighted by atomic mass is 35.5. The molecule has 13 nitrogen and oxygen atoms in total. The van der Waals surface area contributed by atoms with Gasteiger partial charge in [0.05, 0.1) is 26.2 Å². The lowest BCUT2D eigenvalue weighted by atomic mass is 9.97. The predicted molar refractivity (Wildman–Crippen MR) is 230 cm³/mol. The Bertz CT molecular complexity index is 1920. The summed E-state index contributed by atoms with van der Waals surface area (Å²) in [4.78, 5) is 37.5. The number of nitrogens with two attached hydrogens (primary N) is 1. The molecule has 2 aromatic heterocycles. The van der Waals surface area contributed by atoms with Gasteiger partial charge in [-0.25, -0.2) is 27.5 Å². The van der Waals surface area contributed by atoms with E-state index in [9.17, 15) is 22.4 Å². The van der Waals surface area contributed by atoms with E-state index < -0.39 is 25.9 Å². The van der Waals surface area contributed by atoms with Crippen molar-refractivity contribution in [2.75, 3.05) is 87.1 Å². The maximum Gasteiger partial charge on any atom is 0.255 e. The number of benzene rings is 2. The molecule has 328 valence electrons. The van der Waals surface area contributed by atoms with Gasteiger partial charge >= 0.3 is 0 Å². The van der Waals surface area contributed by atoms with Gasteiger partial charge in [0.15, 0.2) is 0 Å². The molecule has 2 N–H and O–H groups in total. The Morgan fingerprint density at radius 3 is 1.52 bits per heavy atom. The van der Waals surface area contributed by atoms with Crippen LogP contribution in [-0.2, 0) is 4.79 Å². The van der Waals surface area contributed by atoms with E-state index in [-0.39, 0.29) is 48.4 Å². The van der Waals surface area contributed by atoms with Gasteiger partial charge in [0, 0.05) is 79.0 Å². The molecule has 60 heavy (non-hydrogen) atoms. The molecule has 2 aromatic carbocycles. The van der Waals surface area contributed by atoms with Crippen molar-refractivity contribution in [3.05, 3.63) is 84.2 Å². The van der Waals surface area contributed by atoms with Gasteiger partial charge in [-0.15, -0.1) is 12.4 Å². The Balaban J connectivity index is 0.000000264. The first kappa shape index (κ1) is 47.5. The summed E-state index contributed by atoms with van der Waals surface area (Å²) in [6, 6.07) is 19.3. The third-order valence-corrected chi connectivity index (χ3v) is 10.1. The number of carbonyl (C=O) groups is 1. The van der Waals surface area contributed by atoms with Gasteiger partial charge in [-0.05, 0) is 60.4 Å². The van der Waals surface area contributed by atoms with Gasteiger partial charge in [-0.2, -0.15) is 9.97 Å². The normalized spacial score (nSPS) is 17.1. The molecule has 2 saturated heterocycles. The van der Waals surface area contributed by atoms with Gasteiger partial charge in [0.2, 0.25) is 17.8 Å². The first-order chi connectivity index (χ1) is 28.1. The summed E-state index contributed by atoms with van der Waals surface area (Å²) >= 11 is 0. The SMILES string of the molecule is C[C@H](CC(=O)N(C)C)c1ccc(OC2CCN(c3ccnc(N(C)CC(F)F)n3)C2)cc1.C[C@H](N)c1ccc(OC2CCN(c3ccnc(N(C)CC(F)F)n3)C2)cc1.Cl. The zero-order valence-electron chi connectivity index (χ0n) is 35.0. The van der Waals surface area contributed by atoms with Crippen LogP contribution in [0.3, 0.4) is 0 Å². The van der Waals surface area contributed by atoms with Crippen LogP contribution in [0.2, 0.25) is 0 Å². The second kappa shape index (κ2) is 22.4. The van der Waals surface area contributed by atoms with Crippen molar-refractivity contribution in [1.82, 2.24) is 24.8 Å². The minimum atomic E-state index is -2.44. The largest absolute Gasteiger partial charge is 0.489 e. The van der Waals surface area contributed by atoms with E-state index in [1.54, 1.807) is 57.6 Å². The Morgan fingerprint density at radius 2 is 1.13 bits per heavy atom. The van der Waals surface area contributed by atoms with Gasteiger partial charge in [0.25, 0.3) is 12.9 Å². The van der Waals surface area contributed by atoms with Crippen LogP contribution >= 0.6 is 12.4 Å². The third kappa shape index (κ3) is 14.0. The lowest BCUT2D eigenvalue weighted by molar-refractivity contribution is -0.129. The van der Waals surface area contributed by atoms with E-state index >= 15 is 0 Å². The average Bonchev–Trinajstić information content (AvgIpc) is 3.88. The highest BCUT2D eigenvalue weighted by molar-refractivity contribution is 5.85. The monoisotopic (exact) mass is 860 g/mol. The molecule has 2 fully saturated rings. The van der Waals surface area contributed by atoms with Crippen LogP contribution in [0.15, 0.2) is 73.1 Å². The first-order valence-corrected chi connectivity index (χ1v) is 19.8.